The number of nitrogens with one attached hydrogen (secondary N) is 3. The Morgan fingerprint density at radius 2 is 2.19 bits per heavy atom. The van der Waals surface area contributed by atoms with Gasteiger partial charge in [-0.25, -0.2) is 4.39 Å². The predicted molar refractivity (Wildman–Crippen MR) is 104 cm³/mol. The first kappa shape index (κ1) is 17.5. The second-order valence-electron chi connectivity index (χ2n) is 7.14. The van der Waals surface area contributed by atoms with Gasteiger partial charge in [0.15, 0.2) is 0 Å². The fourth-order valence-corrected chi connectivity index (χ4v) is 3.80. The maximum absolute atomic E-state index is 14.5. The molecule has 2 heterocycles. The van der Waals surface area contributed by atoms with Gasteiger partial charge in [-0.05, 0) is 66.4 Å². The summed E-state index contributed by atoms with van der Waals surface area (Å²) in [6, 6.07) is 8.83. The van der Waals surface area contributed by atoms with Gasteiger partial charge in [0.25, 0.3) is 5.91 Å². The van der Waals surface area contributed by atoms with E-state index in [1.165, 1.54) is 6.07 Å². The molecule has 1 unspecified atom stereocenters. The van der Waals surface area contributed by atoms with Crippen molar-refractivity contribution < 1.29 is 9.18 Å². The first-order chi connectivity index (χ1) is 13.0. The molecule has 0 saturated carbocycles. The van der Waals surface area contributed by atoms with Gasteiger partial charge in [0, 0.05) is 30.3 Å². The highest BCUT2D eigenvalue weighted by molar-refractivity contribution is 6.00. The standard InChI is InChI=1S/C21H23FN4O/c1-12-3-2-4-18(22)20(12)13-7-14-10-25-19(23)9-16(14)17(8-13)21(27)26-15-5-6-24-11-15/h2-4,7-9,15,24-25H,5-6,10-11,23H2,1H3,(H,26,27). The largest absolute Gasteiger partial charge is 0.386 e. The van der Waals surface area contributed by atoms with Crippen LogP contribution in [0.2, 0.25) is 0 Å². The van der Waals surface area contributed by atoms with Crippen LogP contribution in [0.3, 0.4) is 0 Å². The van der Waals surface area contributed by atoms with Crippen LogP contribution in [-0.4, -0.2) is 25.0 Å². The van der Waals surface area contributed by atoms with Gasteiger partial charge in [0.1, 0.15) is 5.82 Å². The van der Waals surface area contributed by atoms with Gasteiger partial charge in [-0.2, -0.15) is 0 Å². The summed E-state index contributed by atoms with van der Waals surface area (Å²) in [6.07, 6.45) is 2.68. The molecule has 0 aliphatic carbocycles. The van der Waals surface area contributed by atoms with Gasteiger partial charge in [0.05, 0.1) is 5.82 Å². The van der Waals surface area contributed by atoms with Crippen LogP contribution < -0.4 is 21.7 Å². The van der Waals surface area contributed by atoms with E-state index in [4.69, 9.17) is 5.73 Å². The Kier molecular flexibility index (Phi) is 4.58. The van der Waals surface area contributed by atoms with E-state index in [1.807, 2.05) is 19.1 Å². The average Bonchev–Trinajstić information content (AvgIpc) is 3.14. The number of rotatable bonds is 3. The molecule has 5 N–H and O–H groups in total. The minimum atomic E-state index is -0.292. The minimum Gasteiger partial charge on any atom is -0.386 e. The topological polar surface area (TPSA) is 79.2 Å². The van der Waals surface area contributed by atoms with Crippen molar-refractivity contribution in [2.45, 2.75) is 25.9 Å². The fraction of sp³-hybridized carbons (Fsp3) is 0.286. The van der Waals surface area contributed by atoms with E-state index in [0.29, 0.717) is 29.1 Å². The van der Waals surface area contributed by atoms with Crippen molar-refractivity contribution in [1.29, 1.82) is 0 Å². The van der Waals surface area contributed by atoms with Crippen LogP contribution in [0.15, 0.2) is 36.2 Å². The number of amides is 1. The number of fused-ring (bicyclic) bond motifs is 1. The van der Waals surface area contributed by atoms with E-state index < -0.39 is 0 Å². The number of halogens is 1. The van der Waals surface area contributed by atoms with Crippen LogP contribution in [0.4, 0.5) is 4.39 Å². The Labute approximate surface area is 157 Å². The summed E-state index contributed by atoms with van der Waals surface area (Å²) in [5.74, 6) is 0.0794. The van der Waals surface area contributed by atoms with Crippen LogP contribution in [-0.2, 0) is 6.54 Å². The van der Waals surface area contributed by atoms with Crippen molar-refractivity contribution in [2.75, 3.05) is 13.1 Å². The zero-order valence-corrected chi connectivity index (χ0v) is 15.2. The van der Waals surface area contributed by atoms with Crippen molar-refractivity contribution in [3.63, 3.8) is 0 Å². The summed E-state index contributed by atoms with van der Waals surface area (Å²) in [5, 5.41) is 9.42. The zero-order chi connectivity index (χ0) is 19.0. The third-order valence-corrected chi connectivity index (χ3v) is 5.20. The smallest absolute Gasteiger partial charge is 0.252 e. The monoisotopic (exact) mass is 366 g/mol. The van der Waals surface area contributed by atoms with Gasteiger partial charge < -0.3 is 21.7 Å². The van der Waals surface area contributed by atoms with Crippen molar-refractivity contribution in [2.24, 2.45) is 5.73 Å². The third-order valence-electron chi connectivity index (χ3n) is 5.20. The molecule has 5 nitrogen and oxygen atoms in total. The molecule has 1 amide bonds. The zero-order valence-electron chi connectivity index (χ0n) is 15.2. The number of carbonyl (C=O) groups is 1. The molecule has 1 atom stereocenters. The molecule has 2 aliphatic rings. The number of carbonyl (C=O) groups excluding carboxylic acids is 1. The van der Waals surface area contributed by atoms with Crippen molar-refractivity contribution in [3.8, 4) is 11.1 Å². The van der Waals surface area contributed by atoms with Crippen LogP contribution in [0.25, 0.3) is 17.2 Å². The number of nitrogens with two attached hydrogens (primary N) is 1. The summed E-state index contributed by atoms with van der Waals surface area (Å²) in [5.41, 5.74) is 10.2. The SMILES string of the molecule is Cc1cccc(F)c1-c1cc2c(c(C(=O)NC3CCNC3)c1)C=C(N)NC2. The van der Waals surface area contributed by atoms with Gasteiger partial charge in [-0.3, -0.25) is 4.79 Å². The second kappa shape index (κ2) is 7.04. The molecule has 0 bridgehead atoms. The lowest BCUT2D eigenvalue weighted by molar-refractivity contribution is 0.0940. The Hall–Kier alpha value is -2.86. The number of hydrogen-bond donors (Lipinski definition) is 4. The van der Waals surface area contributed by atoms with Gasteiger partial charge in [0.2, 0.25) is 0 Å². The molecule has 140 valence electrons. The molecule has 1 saturated heterocycles. The highest BCUT2D eigenvalue weighted by Gasteiger charge is 2.23. The number of hydrogen-bond acceptors (Lipinski definition) is 4. The fourth-order valence-electron chi connectivity index (χ4n) is 3.80. The predicted octanol–water partition coefficient (Wildman–Crippen LogP) is 2.25. The average molecular weight is 366 g/mol. The molecular weight excluding hydrogens is 343 g/mol. The quantitative estimate of drug-likeness (QED) is 0.672. The van der Waals surface area contributed by atoms with E-state index in [0.717, 1.165) is 36.2 Å². The second-order valence-corrected chi connectivity index (χ2v) is 7.14. The molecule has 6 heteroatoms. The lowest BCUT2D eigenvalue weighted by Crippen LogP contribution is -2.37. The van der Waals surface area contributed by atoms with Crippen molar-refractivity contribution in [1.82, 2.24) is 16.0 Å². The molecule has 0 radical (unpaired) electrons. The van der Waals surface area contributed by atoms with E-state index in [9.17, 15) is 9.18 Å². The Morgan fingerprint density at radius 3 is 2.93 bits per heavy atom. The molecule has 2 aromatic carbocycles. The van der Waals surface area contributed by atoms with E-state index in [1.54, 1.807) is 18.2 Å². The molecule has 27 heavy (non-hydrogen) atoms. The van der Waals surface area contributed by atoms with Crippen LogP contribution in [0.1, 0.15) is 33.5 Å². The van der Waals surface area contributed by atoms with E-state index in [2.05, 4.69) is 16.0 Å². The van der Waals surface area contributed by atoms with Crippen molar-refractivity contribution in [3.05, 3.63) is 64.2 Å². The summed E-state index contributed by atoms with van der Waals surface area (Å²) in [6.45, 7) is 4.04. The molecule has 4 rings (SSSR count). The molecule has 2 aromatic rings. The molecule has 1 fully saturated rings. The Bertz CT molecular complexity index is 912. The lowest BCUT2D eigenvalue weighted by atomic mass is 9.90. The van der Waals surface area contributed by atoms with E-state index in [-0.39, 0.29) is 17.8 Å². The molecule has 0 spiro atoms. The normalized spacial score (nSPS) is 18.4. The summed E-state index contributed by atoms with van der Waals surface area (Å²) < 4.78 is 14.5. The lowest BCUT2D eigenvalue weighted by Gasteiger charge is -2.22. The van der Waals surface area contributed by atoms with Crippen LogP contribution in [0, 0.1) is 12.7 Å². The summed E-state index contributed by atoms with van der Waals surface area (Å²) in [4.78, 5) is 13.0. The Balaban J connectivity index is 1.82. The van der Waals surface area contributed by atoms with Crippen molar-refractivity contribution >= 4 is 12.0 Å². The number of aryl methyl sites for hydroxylation is 1. The van der Waals surface area contributed by atoms with Crippen LogP contribution >= 0.6 is 0 Å². The van der Waals surface area contributed by atoms with Gasteiger partial charge in [-0.1, -0.05) is 12.1 Å². The molecular formula is C21H23FN4O. The maximum Gasteiger partial charge on any atom is 0.252 e. The third kappa shape index (κ3) is 3.40. The van der Waals surface area contributed by atoms with Gasteiger partial charge in [-0.15, -0.1) is 0 Å². The van der Waals surface area contributed by atoms with Crippen LogP contribution in [0.5, 0.6) is 0 Å². The summed E-state index contributed by atoms with van der Waals surface area (Å²) in [7, 11) is 0. The molecule has 2 aliphatic heterocycles. The summed E-state index contributed by atoms with van der Waals surface area (Å²) >= 11 is 0. The maximum atomic E-state index is 14.5. The highest BCUT2D eigenvalue weighted by Crippen LogP contribution is 2.32. The first-order valence-electron chi connectivity index (χ1n) is 9.18. The minimum absolute atomic E-state index is 0.107. The highest BCUT2D eigenvalue weighted by atomic mass is 19.1. The van der Waals surface area contributed by atoms with Gasteiger partial charge >= 0.3 is 0 Å². The van der Waals surface area contributed by atoms with E-state index >= 15 is 0 Å². The Morgan fingerprint density at radius 1 is 1.33 bits per heavy atom. The number of benzene rings is 2. The molecule has 0 aromatic heterocycles. The first-order valence-corrected chi connectivity index (χ1v) is 9.18.